The molecule has 2 aromatic heterocycles. The summed E-state index contributed by atoms with van der Waals surface area (Å²) >= 11 is 1.83. The molecule has 20 heavy (non-hydrogen) atoms. The lowest BCUT2D eigenvalue weighted by Gasteiger charge is -2.06. The van der Waals surface area contributed by atoms with Gasteiger partial charge in [-0.15, -0.1) is 11.3 Å². The van der Waals surface area contributed by atoms with Gasteiger partial charge in [-0.3, -0.25) is 4.68 Å². The van der Waals surface area contributed by atoms with Gasteiger partial charge in [0.15, 0.2) is 0 Å². The molecule has 2 rings (SSSR count). The number of nitrogens with one attached hydrogen (secondary N) is 1. The van der Waals surface area contributed by atoms with Crippen molar-refractivity contribution in [2.45, 2.75) is 46.6 Å². The van der Waals surface area contributed by atoms with E-state index in [0.717, 1.165) is 32.5 Å². The summed E-state index contributed by atoms with van der Waals surface area (Å²) in [6.07, 6.45) is 3.35. The number of hydrogen-bond donors (Lipinski definition) is 1. The maximum atomic E-state index is 4.70. The molecule has 2 aromatic rings. The SMILES string of the molecule is CCCNCCc1c(C)nn(CCc2cccs2)c1C. The first-order valence-electron chi connectivity index (χ1n) is 7.48. The molecule has 4 heteroatoms. The molecule has 0 atom stereocenters. The van der Waals surface area contributed by atoms with E-state index in [2.05, 4.69) is 48.3 Å². The number of aryl methyl sites for hydroxylation is 3. The predicted molar refractivity (Wildman–Crippen MR) is 86.6 cm³/mol. The minimum atomic E-state index is 0.982. The lowest BCUT2D eigenvalue weighted by Crippen LogP contribution is -2.18. The van der Waals surface area contributed by atoms with Gasteiger partial charge in [0.1, 0.15) is 0 Å². The van der Waals surface area contributed by atoms with E-state index < -0.39 is 0 Å². The summed E-state index contributed by atoms with van der Waals surface area (Å²) < 4.78 is 2.17. The highest BCUT2D eigenvalue weighted by atomic mass is 32.1. The molecule has 1 N–H and O–H groups in total. The first-order valence-corrected chi connectivity index (χ1v) is 8.36. The Hall–Kier alpha value is -1.13. The Morgan fingerprint density at radius 1 is 1.25 bits per heavy atom. The number of thiophene rings is 1. The van der Waals surface area contributed by atoms with Crippen LogP contribution in [0.3, 0.4) is 0 Å². The molecule has 0 aliphatic carbocycles. The predicted octanol–water partition coefficient (Wildman–Crippen LogP) is 3.35. The van der Waals surface area contributed by atoms with Crippen LogP contribution in [0.25, 0.3) is 0 Å². The van der Waals surface area contributed by atoms with Gasteiger partial charge in [0.2, 0.25) is 0 Å². The Kier molecular flexibility index (Phi) is 5.80. The fourth-order valence-corrected chi connectivity index (χ4v) is 3.20. The molecule has 0 aliphatic rings. The van der Waals surface area contributed by atoms with Crippen LogP contribution in [0.4, 0.5) is 0 Å². The van der Waals surface area contributed by atoms with Crippen LogP contribution in [0.2, 0.25) is 0 Å². The largest absolute Gasteiger partial charge is 0.316 e. The maximum Gasteiger partial charge on any atom is 0.0628 e. The second kappa shape index (κ2) is 7.60. The van der Waals surface area contributed by atoms with Crippen LogP contribution in [0, 0.1) is 13.8 Å². The molecule has 2 heterocycles. The van der Waals surface area contributed by atoms with Crippen molar-refractivity contribution in [1.82, 2.24) is 15.1 Å². The fraction of sp³-hybridized carbons (Fsp3) is 0.562. The summed E-state index contributed by atoms with van der Waals surface area (Å²) in [4.78, 5) is 1.43. The topological polar surface area (TPSA) is 29.9 Å². The third-order valence-electron chi connectivity index (χ3n) is 3.66. The highest BCUT2D eigenvalue weighted by molar-refractivity contribution is 7.09. The molecular weight excluding hydrogens is 266 g/mol. The molecule has 0 unspecified atom stereocenters. The summed E-state index contributed by atoms with van der Waals surface area (Å²) in [5.74, 6) is 0. The average molecular weight is 291 g/mol. The standard InChI is InChI=1S/C16H25N3S/c1-4-9-17-10-7-16-13(2)18-19(14(16)3)11-8-15-6-5-12-20-15/h5-6,12,17H,4,7-11H2,1-3H3. The van der Waals surface area contributed by atoms with Crippen LogP contribution in [0.5, 0.6) is 0 Å². The van der Waals surface area contributed by atoms with Gasteiger partial charge in [-0.25, -0.2) is 0 Å². The lowest BCUT2D eigenvalue weighted by molar-refractivity contribution is 0.596. The Morgan fingerprint density at radius 3 is 2.80 bits per heavy atom. The normalized spacial score (nSPS) is 11.2. The summed E-state index contributed by atoms with van der Waals surface area (Å²) in [7, 11) is 0. The zero-order chi connectivity index (χ0) is 14.4. The molecule has 0 radical (unpaired) electrons. The van der Waals surface area contributed by atoms with E-state index in [0.29, 0.717) is 0 Å². The fourth-order valence-electron chi connectivity index (χ4n) is 2.50. The smallest absolute Gasteiger partial charge is 0.0628 e. The molecule has 0 bridgehead atoms. The van der Waals surface area contributed by atoms with Gasteiger partial charge in [0.05, 0.1) is 5.69 Å². The molecule has 0 saturated carbocycles. The Balaban J connectivity index is 1.93. The molecular formula is C16H25N3S. The van der Waals surface area contributed by atoms with Crippen LogP contribution < -0.4 is 5.32 Å². The van der Waals surface area contributed by atoms with Gasteiger partial charge in [0.25, 0.3) is 0 Å². The summed E-state index contributed by atoms with van der Waals surface area (Å²) in [5, 5.41) is 10.3. The van der Waals surface area contributed by atoms with E-state index in [1.165, 1.54) is 28.2 Å². The molecule has 0 amide bonds. The maximum absolute atomic E-state index is 4.70. The van der Waals surface area contributed by atoms with E-state index >= 15 is 0 Å². The molecule has 0 aliphatic heterocycles. The van der Waals surface area contributed by atoms with Crippen molar-refractivity contribution in [3.05, 3.63) is 39.3 Å². The molecule has 0 saturated heterocycles. The van der Waals surface area contributed by atoms with Crippen molar-refractivity contribution in [3.8, 4) is 0 Å². The van der Waals surface area contributed by atoms with Crippen molar-refractivity contribution < 1.29 is 0 Å². The van der Waals surface area contributed by atoms with Crippen LogP contribution in [-0.4, -0.2) is 22.9 Å². The number of rotatable bonds is 8. The summed E-state index contributed by atoms with van der Waals surface area (Å²) in [5.41, 5.74) is 3.93. The number of hydrogen-bond acceptors (Lipinski definition) is 3. The van der Waals surface area contributed by atoms with Gasteiger partial charge < -0.3 is 5.32 Å². The Morgan fingerprint density at radius 2 is 2.10 bits per heavy atom. The van der Waals surface area contributed by atoms with Crippen LogP contribution in [0.1, 0.15) is 35.2 Å². The Labute approximate surface area is 126 Å². The van der Waals surface area contributed by atoms with E-state index in [1.807, 2.05) is 11.3 Å². The molecule has 0 spiro atoms. The number of nitrogens with zero attached hydrogens (tertiary/aromatic N) is 2. The highest BCUT2D eigenvalue weighted by Crippen LogP contribution is 2.15. The minimum absolute atomic E-state index is 0.982. The van der Waals surface area contributed by atoms with Gasteiger partial charge >= 0.3 is 0 Å². The monoisotopic (exact) mass is 291 g/mol. The van der Waals surface area contributed by atoms with E-state index in [1.54, 1.807) is 0 Å². The van der Waals surface area contributed by atoms with Gasteiger partial charge in [-0.2, -0.15) is 5.10 Å². The average Bonchev–Trinajstić information content (AvgIpc) is 3.03. The zero-order valence-electron chi connectivity index (χ0n) is 12.8. The van der Waals surface area contributed by atoms with Crippen molar-refractivity contribution in [2.24, 2.45) is 0 Å². The van der Waals surface area contributed by atoms with E-state index in [9.17, 15) is 0 Å². The van der Waals surface area contributed by atoms with Crippen molar-refractivity contribution in [2.75, 3.05) is 13.1 Å². The molecule has 0 aromatic carbocycles. The second-order valence-electron chi connectivity index (χ2n) is 5.20. The first-order chi connectivity index (χ1) is 9.72. The summed E-state index contributed by atoms with van der Waals surface area (Å²) in [6.45, 7) is 9.66. The van der Waals surface area contributed by atoms with Crippen molar-refractivity contribution >= 4 is 11.3 Å². The van der Waals surface area contributed by atoms with Gasteiger partial charge in [-0.1, -0.05) is 13.0 Å². The van der Waals surface area contributed by atoms with Crippen LogP contribution >= 0.6 is 11.3 Å². The summed E-state index contributed by atoms with van der Waals surface area (Å²) in [6, 6.07) is 4.32. The van der Waals surface area contributed by atoms with Gasteiger partial charge in [-0.05, 0) is 56.8 Å². The van der Waals surface area contributed by atoms with Crippen LogP contribution in [0.15, 0.2) is 17.5 Å². The van der Waals surface area contributed by atoms with E-state index in [4.69, 9.17) is 5.10 Å². The van der Waals surface area contributed by atoms with Crippen molar-refractivity contribution in [1.29, 1.82) is 0 Å². The highest BCUT2D eigenvalue weighted by Gasteiger charge is 2.11. The molecule has 0 fully saturated rings. The second-order valence-corrected chi connectivity index (χ2v) is 6.23. The first kappa shape index (κ1) is 15.3. The van der Waals surface area contributed by atoms with Gasteiger partial charge in [0, 0.05) is 23.5 Å². The van der Waals surface area contributed by atoms with Crippen molar-refractivity contribution in [3.63, 3.8) is 0 Å². The van der Waals surface area contributed by atoms with E-state index in [-0.39, 0.29) is 0 Å². The van der Waals surface area contributed by atoms with Crippen LogP contribution in [-0.2, 0) is 19.4 Å². The lowest BCUT2D eigenvalue weighted by atomic mass is 10.1. The third kappa shape index (κ3) is 3.93. The quantitative estimate of drug-likeness (QED) is 0.756. The Bertz CT molecular complexity index is 514. The number of aromatic nitrogens is 2. The molecule has 110 valence electrons. The minimum Gasteiger partial charge on any atom is -0.316 e. The molecule has 3 nitrogen and oxygen atoms in total. The third-order valence-corrected chi connectivity index (χ3v) is 4.60. The zero-order valence-corrected chi connectivity index (χ0v) is 13.6.